The van der Waals surface area contributed by atoms with Crippen LogP contribution in [-0.2, 0) is 19.2 Å². The largest absolute Gasteiger partial charge is 0.335 e. The fourth-order valence-electron chi connectivity index (χ4n) is 2.40. The molecule has 2 rings (SSSR count). The number of amides is 4. The van der Waals surface area contributed by atoms with E-state index in [1.54, 1.807) is 7.05 Å². The third-order valence-corrected chi connectivity index (χ3v) is 3.72. The molecule has 0 aromatic heterocycles. The van der Waals surface area contributed by atoms with Gasteiger partial charge in [0.05, 0.1) is 24.2 Å². The van der Waals surface area contributed by atoms with Crippen molar-refractivity contribution in [3.63, 3.8) is 0 Å². The highest BCUT2D eigenvalue weighted by molar-refractivity contribution is 6.21. The number of imide groups is 1. The Morgan fingerprint density at radius 2 is 1.45 bits per heavy atom. The Kier molecular flexibility index (Phi) is 4.25. The van der Waals surface area contributed by atoms with Crippen molar-refractivity contribution in [2.45, 2.75) is 0 Å². The van der Waals surface area contributed by atoms with E-state index in [9.17, 15) is 19.2 Å². The van der Waals surface area contributed by atoms with Crippen LogP contribution < -0.4 is 0 Å². The summed E-state index contributed by atoms with van der Waals surface area (Å²) in [5, 5.41) is 0. The molecule has 0 N–H and O–H groups in total. The third kappa shape index (κ3) is 2.57. The highest BCUT2D eigenvalue weighted by atomic mass is 16.2. The van der Waals surface area contributed by atoms with E-state index in [1.807, 2.05) is 0 Å². The summed E-state index contributed by atoms with van der Waals surface area (Å²) in [6, 6.07) is 0. The van der Waals surface area contributed by atoms with Gasteiger partial charge in [0.25, 0.3) is 11.8 Å². The first-order valence-electron chi connectivity index (χ1n) is 6.77. The van der Waals surface area contributed by atoms with Gasteiger partial charge in [0.1, 0.15) is 0 Å². The van der Waals surface area contributed by atoms with Gasteiger partial charge >= 0.3 is 0 Å². The molecule has 1 saturated heterocycles. The van der Waals surface area contributed by atoms with Crippen molar-refractivity contribution in [1.29, 1.82) is 0 Å². The molecule has 7 nitrogen and oxygen atoms in total. The molecule has 116 valence electrons. The minimum absolute atomic E-state index is 0.00872. The number of rotatable bonds is 5. The van der Waals surface area contributed by atoms with Gasteiger partial charge in [-0.3, -0.25) is 24.1 Å². The molecule has 2 aliphatic rings. The lowest BCUT2D eigenvalue weighted by atomic mass is 10.1. The van der Waals surface area contributed by atoms with Crippen molar-refractivity contribution in [3.05, 3.63) is 36.5 Å². The molecule has 0 atom stereocenters. The third-order valence-electron chi connectivity index (χ3n) is 3.72. The Morgan fingerprint density at radius 1 is 0.909 bits per heavy atom. The SMILES string of the molecule is C=CC1=C(C=C)C(=O)N(CCN2CC(=O)N(C)CC2=O)C1=O. The maximum absolute atomic E-state index is 12.1. The van der Waals surface area contributed by atoms with Crippen molar-refractivity contribution in [2.75, 3.05) is 33.2 Å². The quantitative estimate of drug-likeness (QED) is 0.631. The van der Waals surface area contributed by atoms with E-state index in [0.717, 1.165) is 4.90 Å². The van der Waals surface area contributed by atoms with Crippen LogP contribution in [-0.4, -0.2) is 71.6 Å². The van der Waals surface area contributed by atoms with Crippen LogP contribution in [0.15, 0.2) is 36.5 Å². The van der Waals surface area contributed by atoms with Crippen LogP contribution >= 0.6 is 0 Å². The molecule has 4 amide bonds. The number of hydrogen-bond acceptors (Lipinski definition) is 4. The lowest BCUT2D eigenvalue weighted by Crippen LogP contribution is -2.54. The van der Waals surface area contributed by atoms with Gasteiger partial charge in [-0.1, -0.05) is 25.3 Å². The van der Waals surface area contributed by atoms with Crippen LogP contribution in [0.5, 0.6) is 0 Å². The molecule has 0 bridgehead atoms. The van der Waals surface area contributed by atoms with Crippen LogP contribution in [0.25, 0.3) is 0 Å². The van der Waals surface area contributed by atoms with E-state index in [2.05, 4.69) is 13.2 Å². The van der Waals surface area contributed by atoms with Crippen LogP contribution in [0.1, 0.15) is 0 Å². The first kappa shape index (κ1) is 15.7. The molecular weight excluding hydrogens is 286 g/mol. The Morgan fingerprint density at radius 3 is 1.95 bits per heavy atom. The zero-order chi connectivity index (χ0) is 16.4. The molecule has 22 heavy (non-hydrogen) atoms. The number of nitrogens with zero attached hydrogens (tertiary/aromatic N) is 3. The van der Waals surface area contributed by atoms with Gasteiger partial charge in [-0.05, 0) is 0 Å². The average molecular weight is 303 g/mol. The van der Waals surface area contributed by atoms with E-state index in [4.69, 9.17) is 0 Å². The fourth-order valence-corrected chi connectivity index (χ4v) is 2.40. The fraction of sp³-hybridized carbons (Fsp3) is 0.333. The second-order valence-corrected chi connectivity index (χ2v) is 5.06. The maximum Gasteiger partial charge on any atom is 0.261 e. The first-order chi connectivity index (χ1) is 10.4. The molecule has 0 aliphatic carbocycles. The van der Waals surface area contributed by atoms with Gasteiger partial charge in [-0.15, -0.1) is 0 Å². The number of piperazine rings is 1. The number of likely N-dealkylation sites (N-methyl/N-ethyl adjacent to an activating group) is 1. The first-order valence-corrected chi connectivity index (χ1v) is 6.77. The summed E-state index contributed by atoms with van der Waals surface area (Å²) in [5.41, 5.74) is 0.418. The van der Waals surface area contributed by atoms with Crippen LogP contribution in [0.3, 0.4) is 0 Å². The summed E-state index contributed by atoms with van der Waals surface area (Å²) in [4.78, 5) is 51.5. The van der Waals surface area contributed by atoms with E-state index in [-0.39, 0.29) is 49.1 Å². The minimum atomic E-state index is -0.456. The molecule has 0 spiro atoms. The summed E-state index contributed by atoms with van der Waals surface area (Å²) < 4.78 is 0. The van der Waals surface area contributed by atoms with E-state index in [1.165, 1.54) is 22.0 Å². The molecule has 1 fully saturated rings. The number of carbonyl (C=O) groups excluding carboxylic acids is 4. The summed E-state index contributed by atoms with van der Waals surface area (Å²) in [5.74, 6) is -1.29. The minimum Gasteiger partial charge on any atom is -0.335 e. The van der Waals surface area contributed by atoms with Crippen LogP contribution in [0, 0.1) is 0 Å². The molecular formula is C15H17N3O4. The van der Waals surface area contributed by atoms with Gasteiger partial charge in [-0.2, -0.15) is 0 Å². The van der Waals surface area contributed by atoms with E-state index in [0.29, 0.717) is 0 Å². The highest BCUT2D eigenvalue weighted by Gasteiger charge is 2.36. The highest BCUT2D eigenvalue weighted by Crippen LogP contribution is 2.22. The van der Waals surface area contributed by atoms with Crippen molar-refractivity contribution in [3.8, 4) is 0 Å². The normalized spacial score (nSPS) is 19.4. The predicted octanol–water partition coefficient (Wildman–Crippen LogP) is -0.676. The number of hydrogen-bond donors (Lipinski definition) is 0. The summed E-state index contributed by atoms with van der Waals surface area (Å²) in [6.45, 7) is 7.18. The standard InChI is InChI=1S/C15H17N3O4/c1-4-10-11(5-2)15(22)18(14(10)21)7-6-17-9-12(19)16(3)8-13(17)20/h4-5H,1-2,6-9H2,3H3. The Bertz CT molecular complexity index is 590. The van der Waals surface area contributed by atoms with Gasteiger partial charge in [-0.25, -0.2) is 0 Å². The Balaban J connectivity index is 2.04. The van der Waals surface area contributed by atoms with Crippen molar-refractivity contribution < 1.29 is 19.2 Å². The predicted molar refractivity (Wildman–Crippen MR) is 78.4 cm³/mol. The van der Waals surface area contributed by atoms with Crippen molar-refractivity contribution in [1.82, 2.24) is 14.7 Å². The number of carbonyl (C=O) groups is 4. The molecule has 0 unspecified atom stereocenters. The van der Waals surface area contributed by atoms with Crippen LogP contribution in [0.2, 0.25) is 0 Å². The van der Waals surface area contributed by atoms with Crippen molar-refractivity contribution in [2.24, 2.45) is 0 Å². The van der Waals surface area contributed by atoms with Crippen LogP contribution in [0.4, 0.5) is 0 Å². The molecule has 0 aromatic rings. The monoisotopic (exact) mass is 303 g/mol. The van der Waals surface area contributed by atoms with Gasteiger partial charge < -0.3 is 9.80 Å². The van der Waals surface area contributed by atoms with E-state index < -0.39 is 11.8 Å². The average Bonchev–Trinajstić information content (AvgIpc) is 2.71. The lowest BCUT2D eigenvalue weighted by molar-refractivity contribution is -0.149. The van der Waals surface area contributed by atoms with Crippen molar-refractivity contribution >= 4 is 23.6 Å². The molecule has 2 heterocycles. The second-order valence-electron chi connectivity index (χ2n) is 5.06. The summed E-state index contributed by atoms with van der Waals surface area (Å²) in [7, 11) is 1.56. The van der Waals surface area contributed by atoms with Gasteiger partial charge in [0.2, 0.25) is 11.8 Å². The molecule has 0 saturated carbocycles. The summed E-state index contributed by atoms with van der Waals surface area (Å²) in [6.07, 6.45) is 2.64. The molecule has 2 aliphatic heterocycles. The molecule has 0 aromatic carbocycles. The zero-order valence-electron chi connectivity index (χ0n) is 12.4. The Labute approximate surface area is 128 Å². The van der Waals surface area contributed by atoms with Gasteiger partial charge in [0, 0.05) is 20.1 Å². The van der Waals surface area contributed by atoms with Gasteiger partial charge in [0.15, 0.2) is 0 Å². The lowest BCUT2D eigenvalue weighted by Gasteiger charge is -2.32. The maximum atomic E-state index is 12.1. The molecule has 0 radical (unpaired) electrons. The smallest absolute Gasteiger partial charge is 0.261 e. The summed E-state index contributed by atoms with van der Waals surface area (Å²) >= 11 is 0. The molecule has 7 heteroatoms. The second kappa shape index (κ2) is 5.97. The van der Waals surface area contributed by atoms with E-state index >= 15 is 0 Å². The topological polar surface area (TPSA) is 78.0 Å². The zero-order valence-corrected chi connectivity index (χ0v) is 12.4. The Hall–Kier alpha value is -2.70.